The molecule has 0 spiro atoms. The third-order valence-electron chi connectivity index (χ3n) is 3.19. The van der Waals surface area contributed by atoms with Gasteiger partial charge in [0.2, 0.25) is 0 Å². The summed E-state index contributed by atoms with van der Waals surface area (Å²) in [5.41, 5.74) is 1.73. The summed E-state index contributed by atoms with van der Waals surface area (Å²) in [6, 6.07) is 5.40. The standard InChI is InChI=1S/C13H18O3/c1-8(13-9(2)16-13)5-10-3-4-12(15)11(6-10)7-14/h3-4,6,8-9,13-15H,5,7H2,1-2H3. The first-order chi connectivity index (χ1) is 7.61. The van der Waals surface area contributed by atoms with Gasteiger partial charge in [-0.3, -0.25) is 0 Å². The fourth-order valence-corrected chi connectivity index (χ4v) is 2.18. The summed E-state index contributed by atoms with van der Waals surface area (Å²) in [6.07, 6.45) is 1.67. The zero-order valence-electron chi connectivity index (χ0n) is 9.68. The van der Waals surface area contributed by atoms with Crippen LogP contribution in [0.15, 0.2) is 18.2 Å². The van der Waals surface area contributed by atoms with Crippen LogP contribution < -0.4 is 0 Å². The number of benzene rings is 1. The predicted octanol–water partition coefficient (Wildman–Crippen LogP) is 1.85. The topological polar surface area (TPSA) is 53.0 Å². The average molecular weight is 222 g/mol. The molecule has 16 heavy (non-hydrogen) atoms. The van der Waals surface area contributed by atoms with Gasteiger partial charge < -0.3 is 14.9 Å². The molecule has 0 aliphatic carbocycles. The number of rotatable bonds is 4. The lowest BCUT2D eigenvalue weighted by Crippen LogP contribution is -2.09. The first-order valence-corrected chi connectivity index (χ1v) is 5.69. The van der Waals surface area contributed by atoms with E-state index in [2.05, 4.69) is 13.8 Å². The van der Waals surface area contributed by atoms with Gasteiger partial charge in [0, 0.05) is 5.56 Å². The molecule has 1 aromatic carbocycles. The van der Waals surface area contributed by atoms with Crippen LogP contribution in [0.2, 0.25) is 0 Å². The molecule has 0 saturated carbocycles. The minimum Gasteiger partial charge on any atom is -0.508 e. The van der Waals surface area contributed by atoms with E-state index in [-0.39, 0.29) is 12.4 Å². The van der Waals surface area contributed by atoms with Gasteiger partial charge in [-0.1, -0.05) is 13.0 Å². The summed E-state index contributed by atoms with van der Waals surface area (Å²) in [6.45, 7) is 4.13. The second-order valence-electron chi connectivity index (χ2n) is 4.61. The molecule has 1 fully saturated rings. The maximum Gasteiger partial charge on any atom is 0.121 e. The fourth-order valence-electron chi connectivity index (χ4n) is 2.18. The molecule has 3 atom stereocenters. The summed E-state index contributed by atoms with van der Waals surface area (Å²) in [7, 11) is 0. The number of aliphatic hydroxyl groups is 1. The molecular weight excluding hydrogens is 204 g/mol. The summed E-state index contributed by atoms with van der Waals surface area (Å²) in [5, 5.41) is 18.5. The highest BCUT2D eigenvalue weighted by molar-refractivity contribution is 5.35. The largest absolute Gasteiger partial charge is 0.508 e. The van der Waals surface area contributed by atoms with Gasteiger partial charge in [0.1, 0.15) is 5.75 Å². The van der Waals surface area contributed by atoms with Gasteiger partial charge >= 0.3 is 0 Å². The molecule has 1 aliphatic heterocycles. The van der Waals surface area contributed by atoms with Gasteiger partial charge in [0.15, 0.2) is 0 Å². The molecule has 0 aromatic heterocycles. The van der Waals surface area contributed by atoms with Crippen molar-refractivity contribution in [2.24, 2.45) is 5.92 Å². The highest BCUT2D eigenvalue weighted by Gasteiger charge is 2.38. The van der Waals surface area contributed by atoms with E-state index in [1.165, 1.54) is 0 Å². The van der Waals surface area contributed by atoms with Crippen molar-refractivity contribution < 1.29 is 14.9 Å². The van der Waals surface area contributed by atoms with Crippen LogP contribution in [0, 0.1) is 5.92 Å². The lowest BCUT2D eigenvalue weighted by molar-refractivity contribution is 0.275. The second-order valence-corrected chi connectivity index (χ2v) is 4.61. The molecule has 2 rings (SSSR count). The molecule has 1 aromatic rings. The number of aliphatic hydroxyl groups excluding tert-OH is 1. The molecular formula is C13H18O3. The molecule has 0 bridgehead atoms. The third-order valence-corrected chi connectivity index (χ3v) is 3.19. The van der Waals surface area contributed by atoms with E-state index in [4.69, 9.17) is 9.84 Å². The highest BCUT2D eigenvalue weighted by atomic mass is 16.6. The quantitative estimate of drug-likeness (QED) is 0.764. The molecule has 3 heteroatoms. The molecule has 2 N–H and O–H groups in total. The van der Waals surface area contributed by atoms with Crippen molar-refractivity contribution in [2.45, 2.75) is 39.1 Å². The Morgan fingerprint density at radius 3 is 2.69 bits per heavy atom. The fraction of sp³-hybridized carbons (Fsp3) is 0.538. The maximum absolute atomic E-state index is 9.45. The van der Waals surface area contributed by atoms with Crippen molar-refractivity contribution in [1.29, 1.82) is 0 Å². The van der Waals surface area contributed by atoms with E-state index in [0.717, 1.165) is 12.0 Å². The van der Waals surface area contributed by atoms with E-state index in [1.807, 2.05) is 12.1 Å². The molecule has 0 amide bonds. The van der Waals surface area contributed by atoms with Crippen molar-refractivity contribution in [2.75, 3.05) is 0 Å². The predicted molar refractivity (Wildman–Crippen MR) is 61.2 cm³/mol. The lowest BCUT2D eigenvalue weighted by atomic mass is 9.95. The van der Waals surface area contributed by atoms with Crippen LogP contribution in [0.5, 0.6) is 5.75 Å². The molecule has 3 nitrogen and oxygen atoms in total. The molecule has 88 valence electrons. The Labute approximate surface area is 95.7 Å². The van der Waals surface area contributed by atoms with Crippen molar-refractivity contribution >= 4 is 0 Å². The van der Waals surface area contributed by atoms with Crippen LogP contribution in [0.25, 0.3) is 0 Å². The third kappa shape index (κ3) is 2.36. The molecule has 0 radical (unpaired) electrons. The second kappa shape index (κ2) is 4.44. The van der Waals surface area contributed by atoms with Crippen LogP contribution >= 0.6 is 0 Å². The monoisotopic (exact) mass is 222 g/mol. The van der Waals surface area contributed by atoms with Crippen molar-refractivity contribution in [3.05, 3.63) is 29.3 Å². The highest BCUT2D eigenvalue weighted by Crippen LogP contribution is 2.31. The molecule has 3 unspecified atom stereocenters. The zero-order chi connectivity index (χ0) is 11.7. The normalized spacial score (nSPS) is 25.4. The Kier molecular flexibility index (Phi) is 3.17. The van der Waals surface area contributed by atoms with Crippen molar-refractivity contribution in [3.8, 4) is 5.75 Å². The van der Waals surface area contributed by atoms with Crippen LogP contribution in [0.3, 0.4) is 0 Å². The molecule has 1 aliphatic rings. The molecule has 1 heterocycles. The van der Waals surface area contributed by atoms with Gasteiger partial charge in [0.05, 0.1) is 18.8 Å². The number of hydrogen-bond donors (Lipinski definition) is 2. The van der Waals surface area contributed by atoms with E-state index in [9.17, 15) is 5.11 Å². The van der Waals surface area contributed by atoms with Crippen molar-refractivity contribution in [3.63, 3.8) is 0 Å². The van der Waals surface area contributed by atoms with Gasteiger partial charge in [-0.15, -0.1) is 0 Å². The Hall–Kier alpha value is -1.06. The van der Waals surface area contributed by atoms with Gasteiger partial charge in [-0.2, -0.15) is 0 Å². The van der Waals surface area contributed by atoms with Crippen LogP contribution in [-0.4, -0.2) is 22.4 Å². The summed E-state index contributed by atoms with van der Waals surface area (Å²) < 4.78 is 5.43. The summed E-state index contributed by atoms with van der Waals surface area (Å²) >= 11 is 0. The zero-order valence-corrected chi connectivity index (χ0v) is 9.68. The Balaban J connectivity index is 2.04. The summed E-state index contributed by atoms with van der Waals surface area (Å²) in [4.78, 5) is 0. The minimum absolute atomic E-state index is 0.121. The first-order valence-electron chi connectivity index (χ1n) is 5.69. The van der Waals surface area contributed by atoms with Gasteiger partial charge in [-0.05, 0) is 37.0 Å². The number of hydrogen-bond acceptors (Lipinski definition) is 3. The number of phenols is 1. The van der Waals surface area contributed by atoms with Crippen molar-refractivity contribution in [1.82, 2.24) is 0 Å². The van der Waals surface area contributed by atoms with Gasteiger partial charge in [-0.25, -0.2) is 0 Å². The first kappa shape index (κ1) is 11.4. The number of aromatic hydroxyl groups is 1. The smallest absolute Gasteiger partial charge is 0.121 e. The summed E-state index contributed by atoms with van der Waals surface area (Å²) in [5.74, 6) is 0.640. The average Bonchev–Trinajstić information content (AvgIpc) is 2.98. The Morgan fingerprint density at radius 2 is 2.12 bits per heavy atom. The van der Waals surface area contributed by atoms with E-state index in [0.29, 0.717) is 23.7 Å². The minimum atomic E-state index is -0.121. The number of ether oxygens (including phenoxy) is 1. The van der Waals surface area contributed by atoms with E-state index < -0.39 is 0 Å². The Morgan fingerprint density at radius 1 is 1.44 bits per heavy atom. The van der Waals surface area contributed by atoms with E-state index in [1.54, 1.807) is 6.07 Å². The SMILES string of the molecule is CC(Cc1ccc(O)c(CO)c1)C1OC1C. The maximum atomic E-state index is 9.45. The van der Waals surface area contributed by atoms with E-state index >= 15 is 0 Å². The lowest BCUT2D eigenvalue weighted by Gasteiger charge is -2.10. The molecule has 1 saturated heterocycles. The van der Waals surface area contributed by atoms with Crippen LogP contribution in [-0.2, 0) is 17.8 Å². The van der Waals surface area contributed by atoms with Crippen LogP contribution in [0.1, 0.15) is 25.0 Å². The van der Waals surface area contributed by atoms with Crippen LogP contribution in [0.4, 0.5) is 0 Å². The number of epoxide rings is 1. The Bertz CT molecular complexity index is 375. The van der Waals surface area contributed by atoms with Gasteiger partial charge in [0.25, 0.3) is 0 Å².